The van der Waals surface area contributed by atoms with Gasteiger partial charge < -0.3 is 10.4 Å². The van der Waals surface area contributed by atoms with Gasteiger partial charge >= 0.3 is 5.97 Å². The van der Waals surface area contributed by atoms with Gasteiger partial charge in [0.15, 0.2) is 0 Å². The molecule has 0 radical (unpaired) electrons. The van der Waals surface area contributed by atoms with Gasteiger partial charge in [0.25, 0.3) is 0 Å². The fraction of sp³-hybridized carbons (Fsp3) is 0.385. The molecule has 6 heteroatoms. The van der Waals surface area contributed by atoms with Crippen LogP contribution in [0.3, 0.4) is 0 Å². The monoisotopic (exact) mass is 287 g/mol. The summed E-state index contributed by atoms with van der Waals surface area (Å²) in [7, 11) is 0. The van der Waals surface area contributed by atoms with E-state index < -0.39 is 23.1 Å². The lowest BCUT2D eigenvalue weighted by atomic mass is 9.85. The predicted molar refractivity (Wildman–Crippen MR) is 70.7 cm³/mol. The van der Waals surface area contributed by atoms with Crippen molar-refractivity contribution < 1.29 is 19.1 Å². The number of hydrogen-bond donors (Lipinski definition) is 2. The molecule has 1 aromatic carbocycles. The minimum atomic E-state index is -0.971. The van der Waals surface area contributed by atoms with E-state index in [1.54, 1.807) is 13.8 Å². The van der Waals surface area contributed by atoms with E-state index >= 15 is 0 Å². The molecule has 0 aliphatic heterocycles. The van der Waals surface area contributed by atoms with Crippen LogP contribution < -0.4 is 5.32 Å². The maximum absolute atomic E-state index is 13.0. The van der Waals surface area contributed by atoms with E-state index in [0.29, 0.717) is 0 Å². The van der Waals surface area contributed by atoms with Crippen molar-refractivity contribution in [2.75, 3.05) is 5.32 Å². The normalized spacial score (nSPS) is 11.2. The molecule has 4 nitrogen and oxygen atoms in total. The fourth-order valence-electron chi connectivity index (χ4n) is 1.69. The second-order valence-corrected chi connectivity index (χ2v) is 5.49. The Morgan fingerprint density at radius 3 is 2.58 bits per heavy atom. The van der Waals surface area contributed by atoms with Crippen molar-refractivity contribution in [3.8, 4) is 0 Å². The molecular weight excluding hydrogens is 273 g/mol. The third-order valence-electron chi connectivity index (χ3n) is 2.47. The van der Waals surface area contributed by atoms with Crippen molar-refractivity contribution >= 4 is 29.2 Å². The Bertz CT molecular complexity index is 503. The lowest BCUT2D eigenvalue weighted by molar-refractivity contribution is -0.139. The number of carboxylic acid groups (broad SMARTS) is 1. The van der Waals surface area contributed by atoms with Crippen molar-refractivity contribution in [3.63, 3.8) is 0 Å². The van der Waals surface area contributed by atoms with E-state index in [9.17, 15) is 14.0 Å². The third-order valence-corrected chi connectivity index (χ3v) is 2.80. The Labute approximate surface area is 115 Å². The molecule has 1 amide bonds. The lowest BCUT2D eigenvalue weighted by Crippen LogP contribution is -2.24. The van der Waals surface area contributed by atoms with Crippen molar-refractivity contribution in [2.45, 2.75) is 26.7 Å². The topological polar surface area (TPSA) is 66.4 Å². The highest BCUT2D eigenvalue weighted by Crippen LogP contribution is 2.27. The maximum atomic E-state index is 13.0. The van der Waals surface area contributed by atoms with Crippen LogP contribution in [0.2, 0.25) is 5.02 Å². The summed E-state index contributed by atoms with van der Waals surface area (Å²) < 4.78 is 13.0. The van der Waals surface area contributed by atoms with Gasteiger partial charge in [0.1, 0.15) is 5.82 Å². The molecule has 0 unspecified atom stereocenters. The minimum absolute atomic E-state index is 0.00609. The van der Waals surface area contributed by atoms with E-state index in [0.717, 1.165) is 6.07 Å². The fourth-order valence-corrected chi connectivity index (χ4v) is 1.86. The molecule has 0 aromatic heterocycles. The molecule has 0 bridgehead atoms. The molecule has 0 fully saturated rings. The number of benzene rings is 1. The molecule has 0 aliphatic rings. The van der Waals surface area contributed by atoms with Crippen molar-refractivity contribution in [1.82, 2.24) is 0 Å². The summed E-state index contributed by atoms with van der Waals surface area (Å²) in [5, 5.41) is 11.4. The van der Waals surface area contributed by atoms with E-state index in [-0.39, 0.29) is 23.6 Å². The van der Waals surface area contributed by atoms with Crippen molar-refractivity contribution in [3.05, 3.63) is 29.0 Å². The van der Waals surface area contributed by atoms with E-state index in [4.69, 9.17) is 16.7 Å². The molecule has 1 rings (SSSR count). The average molecular weight is 288 g/mol. The van der Waals surface area contributed by atoms with Gasteiger partial charge in [-0.1, -0.05) is 25.4 Å². The molecule has 0 aliphatic carbocycles. The Kier molecular flexibility index (Phi) is 4.89. The number of halogens is 2. The Morgan fingerprint density at radius 1 is 1.37 bits per heavy atom. The van der Waals surface area contributed by atoms with Crippen LogP contribution in [0.15, 0.2) is 18.2 Å². The minimum Gasteiger partial charge on any atom is -0.481 e. The van der Waals surface area contributed by atoms with Crippen LogP contribution in [0.5, 0.6) is 0 Å². The van der Waals surface area contributed by atoms with Gasteiger partial charge in [-0.05, 0) is 23.6 Å². The van der Waals surface area contributed by atoms with Gasteiger partial charge in [0, 0.05) is 6.42 Å². The molecule has 1 aromatic rings. The van der Waals surface area contributed by atoms with Crippen LogP contribution in [-0.2, 0) is 9.59 Å². The average Bonchev–Trinajstić information content (AvgIpc) is 2.20. The molecule has 0 saturated carbocycles. The number of amides is 1. The van der Waals surface area contributed by atoms with Crippen LogP contribution >= 0.6 is 11.6 Å². The molecular formula is C13H15ClFNO3. The zero-order valence-electron chi connectivity index (χ0n) is 10.7. The summed E-state index contributed by atoms with van der Waals surface area (Å²) in [6, 6.07) is 3.64. The SMILES string of the molecule is CC(C)(CC(=O)O)CC(=O)Nc1cc(F)ccc1Cl. The van der Waals surface area contributed by atoms with E-state index in [2.05, 4.69) is 5.32 Å². The summed E-state index contributed by atoms with van der Waals surface area (Å²) in [6.07, 6.45) is -0.122. The number of hydrogen-bond acceptors (Lipinski definition) is 2. The molecule has 0 spiro atoms. The second-order valence-electron chi connectivity index (χ2n) is 5.08. The number of nitrogens with one attached hydrogen (secondary N) is 1. The first-order chi connectivity index (χ1) is 8.69. The predicted octanol–water partition coefficient (Wildman–Crippen LogP) is 3.31. The first kappa shape index (κ1) is 15.4. The van der Waals surface area contributed by atoms with Crippen LogP contribution in [0, 0.1) is 11.2 Å². The quantitative estimate of drug-likeness (QED) is 0.873. The summed E-state index contributed by atoms with van der Waals surface area (Å²) in [6.45, 7) is 3.35. The highest BCUT2D eigenvalue weighted by Gasteiger charge is 2.25. The lowest BCUT2D eigenvalue weighted by Gasteiger charge is -2.21. The molecule has 104 valence electrons. The second kappa shape index (κ2) is 6.02. The van der Waals surface area contributed by atoms with E-state index in [1.165, 1.54) is 12.1 Å². The summed E-state index contributed by atoms with van der Waals surface area (Å²) in [4.78, 5) is 22.4. The number of aliphatic carboxylic acids is 1. The van der Waals surface area contributed by atoms with Crippen LogP contribution in [0.4, 0.5) is 10.1 Å². The summed E-state index contributed by atoms with van der Waals surface area (Å²) in [5.41, 5.74) is -0.506. The summed E-state index contributed by atoms with van der Waals surface area (Å²) in [5.74, 6) is -1.88. The first-order valence-corrected chi connectivity index (χ1v) is 6.04. The highest BCUT2D eigenvalue weighted by atomic mass is 35.5. The van der Waals surface area contributed by atoms with Crippen molar-refractivity contribution in [1.29, 1.82) is 0 Å². The smallest absolute Gasteiger partial charge is 0.303 e. The van der Waals surface area contributed by atoms with Gasteiger partial charge in [-0.2, -0.15) is 0 Å². The van der Waals surface area contributed by atoms with E-state index in [1.807, 2.05) is 0 Å². The van der Waals surface area contributed by atoms with Crippen molar-refractivity contribution in [2.24, 2.45) is 5.41 Å². The van der Waals surface area contributed by atoms with Crippen LogP contribution in [0.25, 0.3) is 0 Å². The maximum Gasteiger partial charge on any atom is 0.303 e. The molecule has 0 saturated heterocycles. The Balaban J connectivity index is 2.70. The highest BCUT2D eigenvalue weighted by molar-refractivity contribution is 6.33. The molecule has 0 heterocycles. The Hall–Kier alpha value is -1.62. The van der Waals surface area contributed by atoms with Gasteiger partial charge in [0.2, 0.25) is 5.91 Å². The molecule has 19 heavy (non-hydrogen) atoms. The number of carbonyl (C=O) groups is 2. The molecule has 0 atom stereocenters. The van der Waals surface area contributed by atoms with Crippen LogP contribution in [0.1, 0.15) is 26.7 Å². The van der Waals surface area contributed by atoms with Gasteiger partial charge in [0.05, 0.1) is 17.1 Å². The zero-order chi connectivity index (χ0) is 14.6. The van der Waals surface area contributed by atoms with Gasteiger partial charge in [-0.15, -0.1) is 0 Å². The van der Waals surface area contributed by atoms with Gasteiger partial charge in [-0.3, -0.25) is 9.59 Å². The standard InChI is InChI=1S/C13H15ClFNO3/c1-13(2,7-12(18)19)6-11(17)16-10-5-8(15)3-4-9(10)14/h3-5H,6-7H2,1-2H3,(H,16,17)(H,18,19). The molecule has 2 N–H and O–H groups in total. The number of anilines is 1. The number of carboxylic acids is 1. The first-order valence-electron chi connectivity index (χ1n) is 5.66. The largest absolute Gasteiger partial charge is 0.481 e. The Morgan fingerprint density at radius 2 is 2.00 bits per heavy atom. The third kappa shape index (κ3) is 5.26. The summed E-state index contributed by atoms with van der Waals surface area (Å²) >= 11 is 5.82. The number of carbonyl (C=O) groups excluding carboxylic acids is 1. The number of rotatable bonds is 5. The van der Waals surface area contributed by atoms with Gasteiger partial charge in [-0.25, -0.2) is 4.39 Å². The zero-order valence-corrected chi connectivity index (χ0v) is 11.4. The van der Waals surface area contributed by atoms with Crippen LogP contribution in [-0.4, -0.2) is 17.0 Å².